The highest BCUT2D eigenvalue weighted by atomic mass is 32.2. The second-order valence-electron chi connectivity index (χ2n) is 7.28. The van der Waals surface area contributed by atoms with Crippen LogP contribution in [0.1, 0.15) is 50.8 Å². The number of hydrogen-bond donors (Lipinski definition) is 1. The maximum atomic E-state index is 12.9. The lowest BCUT2D eigenvalue weighted by atomic mass is 9.95. The molecule has 3 aromatic carbocycles. The van der Waals surface area contributed by atoms with Gasteiger partial charge in [-0.2, -0.15) is 8.42 Å². The zero-order valence-corrected chi connectivity index (χ0v) is 18.0. The Morgan fingerprint density at radius 2 is 1.53 bits per heavy atom. The van der Waals surface area contributed by atoms with Crippen LogP contribution >= 0.6 is 0 Å². The third kappa shape index (κ3) is 3.88. The van der Waals surface area contributed by atoms with Crippen molar-refractivity contribution >= 4 is 38.6 Å². The second kappa shape index (κ2) is 8.52. The van der Waals surface area contributed by atoms with Crippen molar-refractivity contribution in [2.24, 2.45) is 0 Å². The van der Waals surface area contributed by atoms with Crippen LogP contribution in [-0.2, 0) is 14.4 Å². The number of rotatable bonds is 7. The largest absolute Gasteiger partial charge is 0.352 e. The van der Waals surface area contributed by atoms with Gasteiger partial charge in [-0.05, 0) is 48.2 Å². The predicted octanol–water partition coefficient (Wildman–Crippen LogP) is 3.29. The first-order chi connectivity index (χ1) is 15.3. The molecule has 1 aliphatic rings. The number of amides is 3. The van der Waals surface area contributed by atoms with Crippen molar-refractivity contribution in [3.05, 3.63) is 77.4 Å². The Morgan fingerprint density at radius 3 is 2.09 bits per heavy atom. The summed E-state index contributed by atoms with van der Waals surface area (Å²) in [5.74, 6) is -2.06. The minimum atomic E-state index is -4.51. The van der Waals surface area contributed by atoms with E-state index in [1.165, 1.54) is 36.4 Å². The topological polar surface area (TPSA) is 110 Å². The molecule has 8 nitrogen and oxygen atoms in total. The minimum Gasteiger partial charge on any atom is -0.352 e. The van der Waals surface area contributed by atoms with Gasteiger partial charge in [-0.3, -0.25) is 14.4 Å². The maximum Gasteiger partial charge on any atom is 0.318 e. The fourth-order valence-electron chi connectivity index (χ4n) is 3.47. The third-order valence-corrected chi connectivity index (χ3v) is 6.32. The van der Waals surface area contributed by atoms with E-state index in [4.69, 9.17) is 4.28 Å². The lowest BCUT2D eigenvalue weighted by molar-refractivity contribution is -0.0155. The monoisotopic (exact) mass is 452 g/mol. The summed E-state index contributed by atoms with van der Waals surface area (Å²) in [6.07, 6.45) is 1.77. The normalized spacial score (nSPS) is 13.5. The molecule has 1 N–H and O–H groups in total. The molecule has 1 aliphatic heterocycles. The molecule has 0 aliphatic carbocycles. The first-order valence-corrected chi connectivity index (χ1v) is 11.5. The molecule has 3 aromatic rings. The Balaban J connectivity index is 1.58. The standard InChI is InChI=1S/C23H20N2O6S/c1-2-3-14-24-21(26)16-10-12-17(13-11-16)32(29,30)31-25-22(27)18-8-4-6-15-7-5-9-19(20(15)18)23(25)28/h4-13H,2-3,14H2,1H3,(H,24,26). The number of carbonyl (C=O) groups is 3. The molecule has 0 atom stereocenters. The molecule has 0 fully saturated rings. The SMILES string of the molecule is CCCCNC(=O)c1ccc(S(=O)(=O)ON2C(=O)c3cccc4cccc(c34)C2=O)cc1. The van der Waals surface area contributed by atoms with Crippen LogP contribution in [0.15, 0.2) is 65.6 Å². The summed E-state index contributed by atoms with van der Waals surface area (Å²) in [6, 6.07) is 14.9. The molecule has 9 heteroatoms. The van der Waals surface area contributed by atoms with Crippen LogP contribution in [0.4, 0.5) is 0 Å². The highest BCUT2D eigenvalue weighted by Gasteiger charge is 2.37. The molecule has 164 valence electrons. The molecule has 0 bridgehead atoms. The number of carbonyl (C=O) groups excluding carboxylic acids is 3. The van der Waals surface area contributed by atoms with Crippen molar-refractivity contribution in [2.75, 3.05) is 6.54 Å². The molecule has 1 heterocycles. The number of imide groups is 1. The summed E-state index contributed by atoms with van der Waals surface area (Å²) in [6.45, 7) is 2.52. The van der Waals surface area contributed by atoms with Crippen LogP contribution in [0, 0.1) is 0 Å². The van der Waals surface area contributed by atoms with Gasteiger partial charge in [-0.1, -0.05) is 37.6 Å². The van der Waals surface area contributed by atoms with Gasteiger partial charge < -0.3 is 5.32 Å². The van der Waals surface area contributed by atoms with Crippen molar-refractivity contribution in [3.63, 3.8) is 0 Å². The van der Waals surface area contributed by atoms with Gasteiger partial charge in [0.2, 0.25) is 0 Å². The summed E-state index contributed by atoms with van der Waals surface area (Å²) in [4.78, 5) is 37.5. The van der Waals surface area contributed by atoms with Gasteiger partial charge in [-0.15, -0.1) is 9.35 Å². The molecule has 0 aromatic heterocycles. The van der Waals surface area contributed by atoms with Gasteiger partial charge in [-0.25, -0.2) is 0 Å². The summed E-state index contributed by atoms with van der Waals surface area (Å²) < 4.78 is 30.5. The Kier molecular flexibility index (Phi) is 5.77. The zero-order chi connectivity index (χ0) is 22.9. The van der Waals surface area contributed by atoms with E-state index >= 15 is 0 Å². The molecule has 0 spiro atoms. The van der Waals surface area contributed by atoms with Crippen LogP contribution in [0.25, 0.3) is 10.8 Å². The highest BCUT2D eigenvalue weighted by molar-refractivity contribution is 7.86. The van der Waals surface area contributed by atoms with Gasteiger partial charge in [0.1, 0.15) is 0 Å². The van der Waals surface area contributed by atoms with Crippen LogP contribution in [0.2, 0.25) is 0 Å². The average Bonchev–Trinajstić information content (AvgIpc) is 2.80. The van der Waals surface area contributed by atoms with E-state index in [9.17, 15) is 22.8 Å². The molecule has 0 saturated carbocycles. The summed E-state index contributed by atoms with van der Waals surface area (Å²) in [5, 5.41) is 4.15. The molecule has 0 saturated heterocycles. The van der Waals surface area contributed by atoms with E-state index in [2.05, 4.69) is 5.32 Å². The van der Waals surface area contributed by atoms with Crippen LogP contribution < -0.4 is 5.32 Å². The number of nitrogens with one attached hydrogen (secondary N) is 1. The van der Waals surface area contributed by atoms with E-state index < -0.39 is 21.9 Å². The highest BCUT2D eigenvalue weighted by Crippen LogP contribution is 2.31. The molecular formula is C23H20N2O6S. The molecule has 3 amide bonds. The van der Waals surface area contributed by atoms with Crippen molar-refractivity contribution in [1.82, 2.24) is 10.4 Å². The van der Waals surface area contributed by atoms with Gasteiger partial charge in [0, 0.05) is 17.5 Å². The number of hydrogen-bond acceptors (Lipinski definition) is 6. The minimum absolute atomic E-state index is 0.173. The molecular weight excluding hydrogens is 432 g/mol. The van der Waals surface area contributed by atoms with Crippen molar-refractivity contribution in [2.45, 2.75) is 24.7 Å². The Labute approximate surface area is 184 Å². The van der Waals surface area contributed by atoms with E-state index in [0.29, 0.717) is 17.3 Å². The Hall–Kier alpha value is -3.56. The van der Waals surface area contributed by atoms with E-state index in [1.807, 2.05) is 6.92 Å². The quantitative estimate of drug-likeness (QED) is 0.435. The number of hydroxylamine groups is 2. The van der Waals surface area contributed by atoms with Gasteiger partial charge >= 0.3 is 10.1 Å². The second-order valence-corrected chi connectivity index (χ2v) is 8.81. The number of unbranched alkanes of at least 4 members (excludes halogenated alkanes) is 1. The summed E-state index contributed by atoms with van der Waals surface area (Å²) in [7, 11) is -4.51. The van der Waals surface area contributed by atoms with E-state index in [0.717, 1.165) is 12.8 Å². The van der Waals surface area contributed by atoms with Gasteiger partial charge in [0.05, 0.1) is 16.0 Å². The summed E-state index contributed by atoms with van der Waals surface area (Å²) >= 11 is 0. The molecule has 32 heavy (non-hydrogen) atoms. The van der Waals surface area contributed by atoms with Crippen molar-refractivity contribution < 1.29 is 27.1 Å². The molecule has 4 rings (SSSR count). The molecule has 0 radical (unpaired) electrons. The lowest BCUT2D eigenvalue weighted by Gasteiger charge is -2.25. The smallest absolute Gasteiger partial charge is 0.318 e. The summed E-state index contributed by atoms with van der Waals surface area (Å²) in [5.41, 5.74) is 0.629. The van der Waals surface area contributed by atoms with Gasteiger partial charge in [0.25, 0.3) is 17.7 Å². The van der Waals surface area contributed by atoms with Crippen LogP contribution in [0.3, 0.4) is 0 Å². The zero-order valence-electron chi connectivity index (χ0n) is 17.2. The van der Waals surface area contributed by atoms with Crippen LogP contribution in [-0.4, -0.2) is 37.7 Å². The van der Waals surface area contributed by atoms with E-state index in [1.54, 1.807) is 24.3 Å². The first-order valence-electron chi connectivity index (χ1n) is 10.1. The fourth-order valence-corrected chi connectivity index (χ4v) is 4.36. The van der Waals surface area contributed by atoms with Gasteiger partial charge in [0.15, 0.2) is 0 Å². The number of benzene rings is 3. The Morgan fingerprint density at radius 1 is 0.938 bits per heavy atom. The van der Waals surface area contributed by atoms with Crippen molar-refractivity contribution in [1.29, 1.82) is 0 Å². The number of nitrogens with zero attached hydrogens (tertiary/aromatic N) is 1. The maximum absolute atomic E-state index is 12.9. The lowest BCUT2D eigenvalue weighted by Crippen LogP contribution is -2.41. The predicted molar refractivity (Wildman–Crippen MR) is 116 cm³/mol. The fraction of sp³-hybridized carbons (Fsp3) is 0.174. The Bertz CT molecular complexity index is 1280. The molecule has 0 unspecified atom stereocenters. The average molecular weight is 452 g/mol. The van der Waals surface area contributed by atoms with Crippen molar-refractivity contribution in [3.8, 4) is 0 Å². The van der Waals surface area contributed by atoms with E-state index in [-0.39, 0.29) is 32.6 Å². The van der Waals surface area contributed by atoms with Crippen LogP contribution in [0.5, 0.6) is 0 Å². The first kappa shape index (κ1) is 21.7. The third-order valence-electron chi connectivity index (χ3n) is 5.13.